The molecule has 4 aromatic rings. The molecule has 0 saturated carbocycles. The summed E-state index contributed by atoms with van der Waals surface area (Å²) in [7, 11) is 1.52. The van der Waals surface area contributed by atoms with Crippen LogP contribution in [0, 0.1) is 0 Å². The van der Waals surface area contributed by atoms with Crippen molar-refractivity contribution < 1.29 is 19.3 Å². The lowest BCUT2D eigenvalue weighted by atomic mass is 9.89. The number of nitrogens with one attached hydrogen (secondary N) is 1. The van der Waals surface area contributed by atoms with Crippen molar-refractivity contribution in [2.75, 3.05) is 20.3 Å². The van der Waals surface area contributed by atoms with Gasteiger partial charge in [0.25, 0.3) is 5.56 Å². The Morgan fingerprint density at radius 3 is 2.81 bits per heavy atom. The van der Waals surface area contributed by atoms with Crippen molar-refractivity contribution >= 4 is 11.2 Å². The molecule has 0 bridgehead atoms. The summed E-state index contributed by atoms with van der Waals surface area (Å²) in [6.07, 6.45) is 4.89. The van der Waals surface area contributed by atoms with Crippen LogP contribution in [0.5, 0.6) is 17.4 Å². The predicted molar refractivity (Wildman–Crippen MR) is 129 cm³/mol. The third-order valence-corrected chi connectivity index (χ3v) is 6.43. The number of methoxy groups -OCH3 is 1. The number of hydrogen-bond acceptors (Lipinski definition) is 10. The molecule has 4 aromatic heterocycles. The van der Waals surface area contributed by atoms with Crippen LogP contribution in [0.15, 0.2) is 47.7 Å². The van der Waals surface area contributed by atoms with Gasteiger partial charge in [0.05, 0.1) is 43.2 Å². The summed E-state index contributed by atoms with van der Waals surface area (Å²) in [5.41, 5.74) is 3.73. The first-order chi connectivity index (χ1) is 17.6. The number of nitrogens with zero attached hydrogens (tertiary/aromatic N) is 5. The minimum Gasteiger partial charge on any atom is -0.486 e. The second-order valence-corrected chi connectivity index (χ2v) is 8.71. The first kappa shape index (κ1) is 22.4. The van der Waals surface area contributed by atoms with Gasteiger partial charge in [-0.05, 0) is 17.7 Å². The van der Waals surface area contributed by atoms with E-state index in [9.17, 15) is 9.90 Å². The second-order valence-electron chi connectivity index (χ2n) is 8.71. The molecular formula is C25H24N6O5. The molecular weight excluding hydrogens is 464 g/mol. The molecule has 0 saturated heterocycles. The molecule has 0 fully saturated rings. The summed E-state index contributed by atoms with van der Waals surface area (Å²) < 4.78 is 17.8. The van der Waals surface area contributed by atoms with Crippen LogP contribution in [0.4, 0.5) is 0 Å². The third kappa shape index (κ3) is 4.12. The number of aliphatic hydroxyl groups excluding tert-OH is 1. The van der Waals surface area contributed by atoms with Crippen LogP contribution in [-0.4, -0.2) is 62.1 Å². The Labute approximate surface area is 205 Å². The maximum atomic E-state index is 12.7. The number of aromatic nitrogens is 5. The Morgan fingerprint density at radius 1 is 1.08 bits per heavy atom. The van der Waals surface area contributed by atoms with Gasteiger partial charge < -0.3 is 24.6 Å². The summed E-state index contributed by atoms with van der Waals surface area (Å²) in [6, 6.07) is 6.99. The van der Waals surface area contributed by atoms with E-state index in [4.69, 9.17) is 14.2 Å². The van der Waals surface area contributed by atoms with Crippen molar-refractivity contribution in [1.82, 2.24) is 29.8 Å². The van der Waals surface area contributed by atoms with Crippen LogP contribution >= 0.6 is 0 Å². The molecule has 6 rings (SSSR count). The lowest BCUT2D eigenvalue weighted by Gasteiger charge is -2.30. The quantitative estimate of drug-likeness (QED) is 0.419. The molecule has 0 radical (unpaired) electrons. The Bertz CT molecular complexity index is 1510. The Kier molecular flexibility index (Phi) is 5.70. The van der Waals surface area contributed by atoms with E-state index in [0.29, 0.717) is 66.8 Å². The Morgan fingerprint density at radius 2 is 1.94 bits per heavy atom. The van der Waals surface area contributed by atoms with Crippen molar-refractivity contribution in [1.29, 1.82) is 0 Å². The van der Waals surface area contributed by atoms with E-state index >= 15 is 0 Å². The zero-order valence-corrected chi connectivity index (χ0v) is 19.5. The van der Waals surface area contributed by atoms with Gasteiger partial charge in [0.2, 0.25) is 5.88 Å². The van der Waals surface area contributed by atoms with Crippen molar-refractivity contribution in [3.8, 4) is 23.1 Å². The van der Waals surface area contributed by atoms with E-state index in [1.807, 2.05) is 12.1 Å². The highest BCUT2D eigenvalue weighted by atomic mass is 16.6. The van der Waals surface area contributed by atoms with Gasteiger partial charge in [-0.25, -0.2) is 4.98 Å². The molecule has 0 aromatic carbocycles. The maximum absolute atomic E-state index is 12.7. The molecule has 2 aliphatic rings. The van der Waals surface area contributed by atoms with Gasteiger partial charge in [0.15, 0.2) is 17.1 Å². The summed E-state index contributed by atoms with van der Waals surface area (Å²) in [5, 5.41) is 14.3. The summed E-state index contributed by atoms with van der Waals surface area (Å²) in [4.78, 5) is 30.4. The molecule has 1 aliphatic carbocycles. The topological polar surface area (TPSA) is 134 Å². The van der Waals surface area contributed by atoms with E-state index in [0.717, 1.165) is 17.0 Å². The van der Waals surface area contributed by atoms with E-state index < -0.39 is 6.10 Å². The Hall–Kier alpha value is -4.09. The SMILES string of the molecule is COc1ccc2ncc(=O)n(-c3cnc4c(c3)CC(O)C(NCc3cc5c(cn3)OCCO5)C4)c2n1. The minimum absolute atomic E-state index is 0.193. The number of pyridine rings is 3. The van der Waals surface area contributed by atoms with Gasteiger partial charge in [0, 0.05) is 43.3 Å². The molecule has 2 atom stereocenters. The van der Waals surface area contributed by atoms with E-state index in [-0.39, 0.29) is 11.6 Å². The van der Waals surface area contributed by atoms with Gasteiger partial charge in [-0.15, -0.1) is 0 Å². The molecule has 0 amide bonds. The van der Waals surface area contributed by atoms with Gasteiger partial charge in [-0.1, -0.05) is 0 Å². The highest BCUT2D eigenvalue weighted by Crippen LogP contribution is 2.29. The van der Waals surface area contributed by atoms with Crippen LogP contribution in [-0.2, 0) is 19.4 Å². The van der Waals surface area contributed by atoms with Gasteiger partial charge in [-0.2, -0.15) is 4.98 Å². The normalized spacial score (nSPS) is 18.6. The average Bonchev–Trinajstić information content (AvgIpc) is 2.91. The fraction of sp³-hybridized carbons (Fsp3) is 0.320. The van der Waals surface area contributed by atoms with Gasteiger partial charge >= 0.3 is 0 Å². The average molecular weight is 489 g/mol. The molecule has 2 N–H and O–H groups in total. The number of hydrogen-bond donors (Lipinski definition) is 2. The lowest BCUT2D eigenvalue weighted by molar-refractivity contribution is 0.117. The largest absolute Gasteiger partial charge is 0.486 e. The molecule has 11 nitrogen and oxygen atoms in total. The zero-order valence-electron chi connectivity index (χ0n) is 19.5. The van der Waals surface area contributed by atoms with E-state index in [1.54, 1.807) is 24.5 Å². The Balaban J connectivity index is 1.24. The number of ether oxygens (including phenoxy) is 3. The van der Waals surface area contributed by atoms with Crippen molar-refractivity contribution in [3.05, 3.63) is 70.2 Å². The molecule has 2 unspecified atom stereocenters. The fourth-order valence-corrected chi connectivity index (χ4v) is 4.59. The highest BCUT2D eigenvalue weighted by Gasteiger charge is 2.28. The standard InChI is InChI=1S/C25H24N6O5/c1-34-23-3-2-17-25(30-23)31(24(33)13-29-17)16-6-14-7-20(32)19(9-18(14)28-11-16)27-10-15-8-21-22(12-26-15)36-5-4-35-21/h2-3,6,8,11-13,19-20,27,32H,4-5,7,9-10H2,1H3. The summed E-state index contributed by atoms with van der Waals surface area (Å²) in [6.45, 7) is 1.50. The number of fused-ring (bicyclic) bond motifs is 3. The summed E-state index contributed by atoms with van der Waals surface area (Å²) in [5.74, 6) is 1.71. The first-order valence-corrected chi connectivity index (χ1v) is 11.7. The maximum Gasteiger partial charge on any atom is 0.275 e. The molecule has 184 valence electrons. The van der Waals surface area contributed by atoms with Crippen molar-refractivity contribution in [3.63, 3.8) is 0 Å². The monoisotopic (exact) mass is 488 g/mol. The number of aliphatic hydroxyl groups is 1. The van der Waals surface area contributed by atoms with Crippen LogP contribution in [0.2, 0.25) is 0 Å². The van der Waals surface area contributed by atoms with Crippen LogP contribution in [0.25, 0.3) is 16.9 Å². The smallest absolute Gasteiger partial charge is 0.275 e. The van der Waals surface area contributed by atoms with Gasteiger partial charge in [0.1, 0.15) is 18.7 Å². The van der Waals surface area contributed by atoms with Crippen molar-refractivity contribution in [2.45, 2.75) is 31.5 Å². The predicted octanol–water partition coefficient (Wildman–Crippen LogP) is 0.968. The highest BCUT2D eigenvalue weighted by molar-refractivity contribution is 5.72. The first-order valence-electron chi connectivity index (χ1n) is 11.7. The van der Waals surface area contributed by atoms with E-state index in [1.165, 1.54) is 17.9 Å². The van der Waals surface area contributed by atoms with Crippen LogP contribution in [0.1, 0.15) is 17.0 Å². The molecule has 11 heteroatoms. The molecule has 0 spiro atoms. The third-order valence-electron chi connectivity index (χ3n) is 6.43. The van der Waals surface area contributed by atoms with Crippen LogP contribution in [0.3, 0.4) is 0 Å². The number of rotatable bonds is 5. The van der Waals surface area contributed by atoms with Crippen LogP contribution < -0.4 is 25.1 Å². The van der Waals surface area contributed by atoms with Crippen molar-refractivity contribution in [2.24, 2.45) is 0 Å². The summed E-state index contributed by atoms with van der Waals surface area (Å²) >= 11 is 0. The van der Waals surface area contributed by atoms with Gasteiger partial charge in [-0.3, -0.25) is 19.3 Å². The van der Waals surface area contributed by atoms with E-state index in [2.05, 4.69) is 25.3 Å². The lowest BCUT2D eigenvalue weighted by Crippen LogP contribution is -2.45. The zero-order chi connectivity index (χ0) is 24.6. The second kappa shape index (κ2) is 9.17. The molecule has 36 heavy (non-hydrogen) atoms. The minimum atomic E-state index is -0.629. The fourth-order valence-electron chi connectivity index (χ4n) is 4.59. The molecule has 5 heterocycles. The molecule has 1 aliphatic heterocycles.